The second-order valence-electron chi connectivity index (χ2n) is 13.8. The zero-order valence-electron chi connectivity index (χ0n) is 30.0. The maximum Gasteiger partial charge on any atom is 1.00 e. The van der Waals surface area contributed by atoms with E-state index in [0.29, 0.717) is 0 Å². The summed E-state index contributed by atoms with van der Waals surface area (Å²) in [5, 5.41) is 20.2. The molecule has 9 heteroatoms. The van der Waals surface area contributed by atoms with E-state index in [2.05, 4.69) is 17.0 Å². The number of hydrogen-bond acceptors (Lipinski definition) is 4. The van der Waals surface area contributed by atoms with Crippen LogP contribution in [0.3, 0.4) is 0 Å². The molecule has 264 valence electrons. The molecule has 3 aliphatic rings. The van der Waals surface area contributed by atoms with E-state index in [1.807, 2.05) is 36.4 Å². The van der Waals surface area contributed by atoms with Gasteiger partial charge in [-0.15, -0.1) is 5.60 Å². The van der Waals surface area contributed by atoms with Crippen LogP contribution in [0.2, 0.25) is 10.0 Å². The molecular formula is C38H62BrCl2KN2O3. The number of likely N-dealkylation sites (tertiary alicyclic amines) is 1. The molecule has 2 aromatic carbocycles. The summed E-state index contributed by atoms with van der Waals surface area (Å²) in [5.41, 5.74) is 1.81. The van der Waals surface area contributed by atoms with Crippen LogP contribution < -0.4 is 73.5 Å². The van der Waals surface area contributed by atoms with Crippen LogP contribution in [-0.2, 0) is 17.6 Å². The molecule has 0 unspecified atom stereocenters. The van der Waals surface area contributed by atoms with Gasteiger partial charge in [-0.05, 0) is 113 Å². The number of quaternary nitrogens is 1. The molecular weight excluding hydrogens is 722 g/mol. The van der Waals surface area contributed by atoms with Crippen LogP contribution in [0, 0.1) is 0 Å². The van der Waals surface area contributed by atoms with Gasteiger partial charge in [-0.2, -0.15) is 0 Å². The van der Waals surface area contributed by atoms with E-state index < -0.39 is 5.60 Å². The molecule has 0 aliphatic carbocycles. The largest absolute Gasteiger partial charge is 1.00 e. The second kappa shape index (κ2) is 28.5. The first-order valence-corrected chi connectivity index (χ1v) is 18.3. The normalized spacial score (nSPS) is 16.7. The Morgan fingerprint density at radius 3 is 1.55 bits per heavy atom. The van der Waals surface area contributed by atoms with Gasteiger partial charge in [0, 0.05) is 42.8 Å². The number of ether oxygens (including phenoxy) is 1. The van der Waals surface area contributed by atoms with Crippen molar-refractivity contribution < 1.29 is 87.8 Å². The topological polar surface area (TPSA) is 55.8 Å². The third-order valence-corrected chi connectivity index (χ3v) is 8.95. The Balaban J connectivity index is 0.000000663. The predicted octanol–water partition coefficient (Wildman–Crippen LogP) is 1.97. The average molecular weight is 785 g/mol. The molecule has 1 N–H and O–H groups in total. The first kappa shape index (κ1) is 47.9. The molecule has 0 bridgehead atoms. The number of hydrogen-bond donors (Lipinski definition) is 1. The fraction of sp³-hybridized carbons (Fsp3) is 0.684. The minimum atomic E-state index is -0.750. The first-order valence-electron chi connectivity index (χ1n) is 17.5. The number of aliphatic hydroxyl groups excluding tert-OH is 1. The fourth-order valence-electron chi connectivity index (χ4n) is 5.87. The Bertz CT molecular complexity index is 985. The smallest absolute Gasteiger partial charge is 1.00 e. The van der Waals surface area contributed by atoms with Crippen molar-refractivity contribution in [2.24, 2.45) is 0 Å². The number of piperidine rings is 2. The summed E-state index contributed by atoms with van der Waals surface area (Å²) in [6.07, 6.45) is 15.2. The molecule has 3 heterocycles. The molecule has 0 aromatic heterocycles. The molecule has 2 aromatic rings. The van der Waals surface area contributed by atoms with Crippen molar-refractivity contribution in [3.05, 3.63) is 69.7 Å². The monoisotopic (exact) mass is 782 g/mol. The summed E-state index contributed by atoms with van der Waals surface area (Å²) in [5.74, 6) is 0. The summed E-state index contributed by atoms with van der Waals surface area (Å²) in [4.78, 5) is 2.57. The third-order valence-electron chi connectivity index (χ3n) is 8.45. The van der Waals surface area contributed by atoms with Crippen LogP contribution in [0.5, 0.6) is 0 Å². The molecule has 0 atom stereocenters. The molecule has 5 nitrogen and oxygen atoms in total. The van der Waals surface area contributed by atoms with E-state index in [9.17, 15) is 5.11 Å². The summed E-state index contributed by atoms with van der Waals surface area (Å²) in [6.45, 7) is 16.7. The van der Waals surface area contributed by atoms with Crippen LogP contribution in [-0.4, -0.2) is 85.7 Å². The Morgan fingerprint density at radius 1 is 0.702 bits per heavy atom. The molecule has 47 heavy (non-hydrogen) atoms. The van der Waals surface area contributed by atoms with Crippen molar-refractivity contribution in [1.82, 2.24) is 4.90 Å². The van der Waals surface area contributed by atoms with Crippen LogP contribution >= 0.6 is 23.2 Å². The van der Waals surface area contributed by atoms with Gasteiger partial charge in [0.05, 0.1) is 26.2 Å². The number of nitrogens with zero attached hydrogens (tertiary/aromatic N) is 2. The van der Waals surface area contributed by atoms with Crippen molar-refractivity contribution in [2.45, 2.75) is 103 Å². The molecule has 3 saturated heterocycles. The summed E-state index contributed by atoms with van der Waals surface area (Å²) < 4.78 is 7.22. The van der Waals surface area contributed by atoms with Gasteiger partial charge in [-0.1, -0.05) is 74.7 Å². The van der Waals surface area contributed by atoms with Gasteiger partial charge in [0.15, 0.2) is 0 Å². The predicted molar refractivity (Wildman–Crippen MR) is 190 cm³/mol. The second-order valence-corrected chi connectivity index (χ2v) is 14.7. The average Bonchev–Trinajstić information content (AvgIpc) is 3.01. The molecule has 1 spiro atoms. The molecule has 0 saturated carbocycles. The zero-order valence-corrected chi connectivity index (χ0v) is 36.2. The van der Waals surface area contributed by atoms with Gasteiger partial charge in [-0.3, -0.25) is 0 Å². The van der Waals surface area contributed by atoms with E-state index in [1.165, 1.54) is 113 Å². The van der Waals surface area contributed by atoms with E-state index in [0.717, 1.165) is 48.9 Å². The number of benzene rings is 2. The van der Waals surface area contributed by atoms with Crippen molar-refractivity contribution in [3.63, 3.8) is 0 Å². The SMILES string of the molecule is C1CC[N+]2(CC1)CCC2.CC(C)(C)[O-].Clc1ccc(CCCOCCCN2CCCCC2)cc1.OCCCc1ccc(Cl)cc1.[Br-].[K+]. The molecule has 0 radical (unpaired) electrons. The van der Waals surface area contributed by atoms with E-state index in [-0.39, 0.29) is 75.0 Å². The summed E-state index contributed by atoms with van der Waals surface area (Å²) in [6, 6.07) is 15.8. The van der Waals surface area contributed by atoms with Gasteiger partial charge < -0.3 is 41.3 Å². The van der Waals surface area contributed by atoms with Gasteiger partial charge in [0.2, 0.25) is 0 Å². The molecule has 3 fully saturated rings. The minimum absolute atomic E-state index is 0. The Hall–Kier alpha value is 0.936. The summed E-state index contributed by atoms with van der Waals surface area (Å²) in [7, 11) is 0. The van der Waals surface area contributed by atoms with Crippen LogP contribution in [0.1, 0.15) is 96.1 Å². The van der Waals surface area contributed by atoms with Crippen LogP contribution in [0.4, 0.5) is 0 Å². The third kappa shape index (κ3) is 25.5. The molecule has 3 aliphatic heterocycles. The van der Waals surface area contributed by atoms with Gasteiger partial charge in [0.25, 0.3) is 0 Å². The van der Waals surface area contributed by atoms with Crippen molar-refractivity contribution >= 4 is 23.2 Å². The Labute approximate surface area is 350 Å². The maximum absolute atomic E-state index is 10.1. The van der Waals surface area contributed by atoms with E-state index >= 15 is 0 Å². The van der Waals surface area contributed by atoms with Crippen molar-refractivity contribution in [2.75, 3.05) is 65.6 Å². The van der Waals surface area contributed by atoms with Gasteiger partial charge in [-0.25, -0.2) is 0 Å². The van der Waals surface area contributed by atoms with E-state index in [4.69, 9.17) is 33.0 Å². The summed E-state index contributed by atoms with van der Waals surface area (Å²) >= 11 is 11.6. The zero-order chi connectivity index (χ0) is 32.8. The number of rotatable bonds is 11. The van der Waals surface area contributed by atoms with Crippen molar-refractivity contribution in [3.8, 4) is 0 Å². The molecule has 0 amide bonds. The van der Waals surface area contributed by atoms with E-state index in [1.54, 1.807) is 20.8 Å². The Kier molecular flexibility index (Phi) is 29.1. The van der Waals surface area contributed by atoms with Gasteiger partial charge in [0.1, 0.15) is 0 Å². The van der Waals surface area contributed by atoms with Crippen LogP contribution in [0.25, 0.3) is 0 Å². The minimum Gasteiger partial charge on any atom is -1.00 e. The number of aliphatic hydroxyl groups is 1. The van der Waals surface area contributed by atoms with Crippen LogP contribution in [0.15, 0.2) is 48.5 Å². The first-order chi connectivity index (χ1) is 21.6. The quantitative estimate of drug-likeness (QED) is 0.216. The number of halogens is 3. The van der Waals surface area contributed by atoms with Gasteiger partial charge >= 0.3 is 51.4 Å². The van der Waals surface area contributed by atoms with Crippen molar-refractivity contribution in [1.29, 1.82) is 0 Å². The fourth-order valence-corrected chi connectivity index (χ4v) is 6.13. The Morgan fingerprint density at radius 2 is 1.13 bits per heavy atom. The maximum atomic E-state index is 10.1. The standard InChI is InChI=1S/C17H26ClNO.C9H11ClO.C8H16N.C4H9O.BrH.K/c18-17-9-7-16(8-10-17)6-4-14-20-15-5-13-19-11-2-1-3-12-19;10-9-5-3-8(4-6-9)2-1-7-11;1-2-5-9(6-3-1)7-4-8-9;1-4(2,3)5;;/h7-10H,1-6,11-15H2;3-6,11H,1-2,7H2;1-8H2;1-3H3;1H;/q;;+1;-1;;+1/p-1. The molecule has 5 rings (SSSR count). The number of aryl methyl sites for hydroxylation is 2.